The lowest BCUT2D eigenvalue weighted by Crippen LogP contribution is -2.31. The van der Waals surface area contributed by atoms with Gasteiger partial charge in [-0.15, -0.1) is 0 Å². The van der Waals surface area contributed by atoms with E-state index in [1.807, 2.05) is 80.7 Å². The Morgan fingerprint density at radius 3 is 2.41 bits per heavy atom. The lowest BCUT2D eigenvalue weighted by molar-refractivity contribution is 0.142. The predicted molar refractivity (Wildman–Crippen MR) is 133 cm³/mol. The molecule has 0 spiro atoms. The molecular formula is C28H30N2O4. The van der Waals surface area contributed by atoms with Gasteiger partial charge in [0.1, 0.15) is 18.1 Å². The van der Waals surface area contributed by atoms with E-state index >= 15 is 0 Å². The minimum absolute atomic E-state index is 0.271. The molecule has 0 bridgehead atoms. The van der Waals surface area contributed by atoms with Crippen molar-refractivity contribution in [1.82, 2.24) is 9.47 Å². The van der Waals surface area contributed by atoms with Crippen LogP contribution in [0, 0.1) is 0 Å². The van der Waals surface area contributed by atoms with Gasteiger partial charge in [0.15, 0.2) is 0 Å². The summed E-state index contributed by atoms with van der Waals surface area (Å²) in [5, 5.41) is 10.9. The molecule has 1 N–H and O–H groups in total. The van der Waals surface area contributed by atoms with Crippen molar-refractivity contribution in [3.05, 3.63) is 95.7 Å². The maximum atomic E-state index is 12.0. The number of carbonyl (C=O) groups is 1. The van der Waals surface area contributed by atoms with Crippen molar-refractivity contribution < 1.29 is 19.4 Å². The Bertz CT molecular complexity index is 1250. The third-order valence-corrected chi connectivity index (χ3v) is 5.85. The first-order valence-electron chi connectivity index (χ1n) is 11.5. The van der Waals surface area contributed by atoms with Gasteiger partial charge in [0, 0.05) is 30.7 Å². The molecule has 0 saturated heterocycles. The van der Waals surface area contributed by atoms with E-state index < -0.39 is 6.09 Å². The Hall–Kier alpha value is -3.93. The highest BCUT2D eigenvalue weighted by Gasteiger charge is 2.18. The monoisotopic (exact) mass is 458 g/mol. The summed E-state index contributed by atoms with van der Waals surface area (Å²) in [6.07, 6.45) is 1.69. The van der Waals surface area contributed by atoms with Crippen LogP contribution in [0.15, 0.2) is 79.0 Å². The number of benzene rings is 3. The number of para-hydroxylation sites is 1. The molecule has 3 aromatic carbocycles. The lowest BCUT2D eigenvalue weighted by Gasteiger charge is -2.21. The molecule has 6 nitrogen and oxygen atoms in total. The van der Waals surface area contributed by atoms with Gasteiger partial charge in [-0.2, -0.15) is 0 Å². The molecule has 0 aliphatic rings. The largest absolute Gasteiger partial charge is 0.494 e. The molecule has 6 heteroatoms. The molecule has 4 aromatic rings. The van der Waals surface area contributed by atoms with Crippen LogP contribution in [0.3, 0.4) is 0 Å². The predicted octanol–water partition coefficient (Wildman–Crippen LogP) is 5.88. The Labute approximate surface area is 200 Å². The zero-order valence-electron chi connectivity index (χ0n) is 19.6. The molecule has 1 heterocycles. The summed E-state index contributed by atoms with van der Waals surface area (Å²) in [5.41, 5.74) is 4.08. The Balaban J connectivity index is 1.54. The fourth-order valence-corrected chi connectivity index (χ4v) is 4.18. The van der Waals surface area contributed by atoms with Gasteiger partial charge in [-0.3, -0.25) is 0 Å². The second-order valence-corrected chi connectivity index (χ2v) is 8.18. The van der Waals surface area contributed by atoms with Crippen molar-refractivity contribution >= 4 is 17.0 Å². The number of rotatable bonds is 10. The van der Waals surface area contributed by atoms with E-state index in [0.29, 0.717) is 26.2 Å². The molecule has 0 saturated carbocycles. The van der Waals surface area contributed by atoms with E-state index in [1.165, 1.54) is 4.90 Å². The van der Waals surface area contributed by atoms with E-state index in [1.54, 1.807) is 0 Å². The maximum absolute atomic E-state index is 12.0. The molecule has 0 fully saturated rings. The van der Waals surface area contributed by atoms with Gasteiger partial charge in [-0.25, -0.2) is 4.79 Å². The van der Waals surface area contributed by atoms with Gasteiger partial charge in [0.25, 0.3) is 0 Å². The lowest BCUT2D eigenvalue weighted by atomic mass is 10.1. The van der Waals surface area contributed by atoms with Gasteiger partial charge >= 0.3 is 6.09 Å². The van der Waals surface area contributed by atoms with Crippen molar-refractivity contribution in [3.63, 3.8) is 0 Å². The summed E-state index contributed by atoms with van der Waals surface area (Å²) in [6, 6.07) is 23.7. The number of aromatic nitrogens is 1. The first kappa shape index (κ1) is 23.2. The average molecular weight is 459 g/mol. The molecule has 0 aliphatic heterocycles. The molecule has 0 atom stereocenters. The summed E-state index contributed by atoms with van der Waals surface area (Å²) in [7, 11) is 2.00. The number of fused-ring (bicyclic) bond motifs is 1. The molecule has 0 aliphatic carbocycles. The van der Waals surface area contributed by atoms with Gasteiger partial charge < -0.3 is 24.0 Å². The second-order valence-electron chi connectivity index (χ2n) is 8.18. The van der Waals surface area contributed by atoms with Gasteiger partial charge in [-0.05, 0) is 42.7 Å². The molecule has 176 valence electrons. The van der Waals surface area contributed by atoms with Crippen molar-refractivity contribution in [1.29, 1.82) is 0 Å². The summed E-state index contributed by atoms with van der Waals surface area (Å²) in [4.78, 5) is 13.5. The third-order valence-electron chi connectivity index (χ3n) is 5.85. The first-order valence-corrected chi connectivity index (χ1v) is 11.5. The fourth-order valence-electron chi connectivity index (χ4n) is 4.18. The van der Waals surface area contributed by atoms with Crippen LogP contribution in [-0.2, 0) is 26.6 Å². The van der Waals surface area contributed by atoms with Crippen LogP contribution in [0.25, 0.3) is 10.9 Å². The molecule has 0 unspecified atom stereocenters. The summed E-state index contributed by atoms with van der Waals surface area (Å²) in [5.74, 6) is 1.53. The normalized spacial score (nSPS) is 10.9. The Morgan fingerprint density at radius 1 is 0.912 bits per heavy atom. The topological polar surface area (TPSA) is 63.9 Å². The van der Waals surface area contributed by atoms with Crippen LogP contribution in [0.4, 0.5) is 4.79 Å². The third kappa shape index (κ3) is 5.34. The number of nitrogens with zero attached hydrogens (tertiary/aromatic N) is 2. The van der Waals surface area contributed by atoms with Gasteiger partial charge in [0.2, 0.25) is 0 Å². The number of aryl methyl sites for hydroxylation is 1. The van der Waals surface area contributed by atoms with Crippen LogP contribution in [-0.4, -0.2) is 33.8 Å². The average Bonchev–Trinajstić information content (AvgIpc) is 3.18. The molecule has 34 heavy (non-hydrogen) atoms. The van der Waals surface area contributed by atoms with E-state index in [9.17, 15) is 9.90 Å². The molecular weight excluding hydrogens is 428 g/mol. The number of carboxylic acid groups (broad SMARTS) is 1. The summed E-state index contributed by atoms with van der Waals surface area (Å²) in [6.45, 7) is 3.56. The molecule has 0 radical (unpaired) electrons. The quantitative estimate of drug-likeness (QED) is 0.322. The number of hydrogen-bond donors (Lipinski definition) is 1. The van der Waals surface area contributed by atoms with Crippen LogP contribution in [0.5, 0.6) is 11.5 Å². The van der Waals surface area contributed by atoms with Crippen molar-refractivity contribution in [2.45, 2.75) is 26.5 Å². The van der Waals surface area contributed by atoms with E-state index in [-0.39, 0.29) is 6.54 Å². The maximum Gasteiger partial charge on any atom is 0.407 e. The zero-order valence-corrected chi connectivity index (χ0v) is 19.6. The number of ether oxygens (including phenoxy) is 2. The highest BCUT2D eigenvalue weighted by atomic mass is 16.5. The summed E-state index contributed by atoms with van der Waals surface area (Å²) < 4.78 is 13.9. The molecule has 1 amide bonds. The van der Waals surface area contributed by atoms with Crippen LogP contribution in [0.2, 0.25) is 0 Å². The molecule has 1 aromatic heterocycles. The van der Waals surface area contributed by atoms with Crippen molar-refractivity contribution in [2.24, 2.45) is 7.05 Å². The van der Waals surface area contributed by atoms with Gasteiger partial charge in [0.05, 0.1) is 18.7 Å². The van der Waals surface area contributed by atoms with Crippen molar-refractivity contribution in [3.8, 4) is 11.5 Å². The highest BCUT2D eigenvalue weighted by Crippen LogP contribution is 2.31. The minimum Gasteiger partial charge on any atom is -0.494 e. The van der Waals surface area contributed by atoms with E-state index in [4.69, 9.17) is 9.47 Å². The van der Waals surface area contributed by atoms with Crippen LogP contribution in [0.1, 0.15) is 23.6 Å². The highest BCUT2D eigenvalue weighted by molar-refractivity contribution is 5.90. The standard InChI is InChI=1S/C28H30N2O4/c1-3-33-25-14-8-7-12-22(25)19-30(28(31)32)17-16-23-18-29(2)24-13-9-15-26(27(23)24)34-20-21-10-5-4-6-11-21/h4-15,18H,3,16-17,19-20H2,1-2H3,(H,31,32). The first-order chi connectivity index (χ1) is 16.6. The fraction of sp³-hybridized carbons (Fsp3) is 0.250. The molecule has 4 rings (SSSR count). The Kier molecular flexibility index (Phi) is 7.38. The SMILES string of the molecule is CCOc1ccccc1CN(CCc1cn(C)c2cccc(OCc3ccccc3)c12)C(=O)O. The minimum atomic E-state index is -0.952. The zero-order chi connectivity index (χ0) is 23.9. The smallest absolute Gasteiger partial charge is 0.407 e. The van der Waals surface area contributed by atoms with E-state index in [2.05, 4.69) is 16.8 Å². The van der Waals surface area contributed by atoms with Crippen molar-refractivity contribution in [2.75, 3.05) is 13.2 Å². The van der Waals surface area contributed by atoms with Crippen LogP contribution >= 0.6 is 0 Å². The number of amides is 1. The number of hydrogen-bond acceptors (Lipinski definition) is 3. The van der Waals surface area contributed by atoms with Gasteiger partial charge in [-0.1, -0.05) is 54.6 Å². The Morgan fingerprint density at radius 2 is 1.65 bits per heavy atom. The second kappa shape index (κ2) is 10.8. The summed E-state index contributed by atoms with van der Waals surface area (Å²) >= 11 is 0. The van der Waals surface area contributed by atoms with E-state index in [0.717, 1.165) is 39.1 Å². The van der Waals surface area contributed by atoms with Crippen LogP contribution < -0.4 is 9.47 Å².